The molecule has 0 fully saturated rings. The maximum atomic E-state index is 12.2. The Bertz CT molecular complexity index is 351. The molecule has 0 aliphatic rings. The van der Waals surface area contributed by atoms with Crippen LogP contribution in [0.25, 0.3) is 0 Å². The van der Waals surface area contributed by atoms with Crippen LogP contribution in [0.5, 0.6) is 0 Å². The lowest BCUT2D eigenvalue weighted by Crippen LogP contribution is -2.32. The number of halogens is 4. The van der Waals surface area contributed by atoms with E-state index < -0.39 is 12.6 Å². The Kier molecular flexibility index (Phi) is 6.08. The van der Waals surface area contributed by atoms with E-state index in [0.717, 1.165) is 10.2 Å². The predicted octanol–water partition coefficient (Wildman–Crippen LogP) is 3.71. The molecule has 0 spiro atoms. The van der Waals surface area contributed by atoms with Crippen LogP contribution in [0.4, 0.5) is 13.2 Å². The molecule has 2 nitrogen and oxygen atoms in total. The van der Waals surface area contributed by atoms with Crippen molar-refractivity contribution < 1.29 is 13.2 Å². The van der Waals surface area contributed by atoms with Gasteiger partial charge in [-0.2, -0.15) is 13.2 Å². The van der Waals surface area contributed by atoms with E-state index in [1.165, 1.54) is 0 Å². The third-order valence-corrected chi connectivity index (χ3v) is 2.98. The molecule has 0 saturated carbocycles. The first kappa shape index (κ1) is 15.4. The smallest absolute Gasteiger partial charge is 0.314 e. The average molecular weight is 325 g/mol. The van der Waals surface area contributed by atoms with Crippen LogP contribution in [0.3, 0.4) is 0 Å². The molecule has 0 bridgehead atoms. The number of pyridine rings is 1. The van der Waals surface area contributed by atoms with Crippen molar-refractivity contribution in [2.75, 3.05) is 6.54 Å². The van der Waals surface area contributed by atoms with Crippen LogP contribution < -0.4 is 5.32 Å². The van der Waals surface area contributed by atoms with Gasteiger partial charge in [0.25, 0.3) is 0 Å². The number of alkyl halides is 3. The Morgan fingerprint density at radius 2 is 2.11 bits per heavy atom. The highest BCUT2D eigenvalue weighted by Crippen LogP contribution is 2.23. The van der Waals surface area contributed by atoms with Gasteiger partial charge in [-0.3, -0.25) is 4.98 Å². The fourth-order valence-corrected chi connectivity index (χ4v) is 1.92. The number of nitrogens with zero attached hydrogens (tertiary/aromatic N) is 1. The highest BCUT2D eigenvalue weighted by atomic mass is 79.9. The van der Waals surface area contributed by atoms with E-state index in [-0.39, 0.29) is 12.5 Å². The molecule has 1 rings (SSSR count). The van der Waals surface area contributed by atoms with Gasteiger partial charge in [-0.25, -0.2) is 0 Å². The summed E-state index contributed by atoms with van der Waals surface area (Å²) in [5, 5.41) is 3.07. The molecule has 1 aromatic rings. The lowest BCUT2D eigenvalue weighted by molar-refractivity contribution is -0.136. The molecular weight excluding hydrogens is 309 g/mol. The molecule has 0 aliphatic carbocycles. The summed E-state index contributed by atoms with van der Waals surface area (Å²) in [7, 11) is 0. The summed E-state index contributed by atoms with van der Waals surface area (Å²) in [5.74, 6) is 0. The third-order valence-electron chi connectivity index (χ3n) is 2.51. The molecule has 1 heterocycles. The zero-order chi connectivity index (χ0) is 13.6. The molecule has 0 amide bonds. The van der Waals surface area contributed by atoms with Crippen molar-refractivity contribution in [3.8, 4) is 0 Å². The molecule has 18 heavy (non-hydrogen) atoms. The minimum Gasteiger partial charge on any atom is -0.314 e. The zero-order valence-corrected chi connectivity index (χ0v) is 11.7. The van der Waals surface area contributed by atoms with Crippen molar-refractivity contribution in [1.29, 1.82) is 0 Å². The van der Waals surface area contributed by atoms with Gasteiger partial charge in [-0.05, 0) is 41.0 Å². The maximum Gasteiger partial charge on any atom is 0.389 e. The maximum absolute atomic E-state index is 12.2. The number of hydrogen-bond acceptors (Lipinski definition) is 2. The molecular formula is C12H16BrF3N2. The van der Waals surface area contributed by atoms with Gasteiger partial charge in [0.05, 0.1) is 0 Å². The van der Waals surface area contributed by atoms with Crippen LogP contribution >= 0.6 is 15.9 Å². The zero-order valence-electron chi connectivity index (χ0n) is 10.1. The molecule has 1 unspecified atom stereocenters. The van der Waals surface area contributed by atoms with Crippen LogP contribution in [-0.4, -0.2) is 23.7 Å². The average Bonchev–Trinajstić information content (AvgIpc) is 2.28. The summed E-state index contributed by atoms with van der Waals surface area (Å²) >= 11 is 3.27. The van der Waals surface area contributed by atoms with E-state index in [1.54, 1.807) is 6.20 Å². The van der Waals surface area contributed by atoms with Gasteiger partial charge in [-0.15, -0.1) is 0 Å². The van der Waals surface area contributed by atoms with Crippen molar-refractivity contribution in [2.45, 2.75) is 38.4 Å². The molecule has 0 radical (unpaired) electrons. The summed E-state index contributed by atoms with van der Waals surface area (Å²) in [6.07, 6.45) is -2.61. The normalized spacial score (nSPS) is 13.6. The number of hydrogen-bond donors (Lipinski definition) is 1. The van der Waals surface area contributed by atoms with Gasteiger partial charge in [0.15, 0.2) is 0 Å². The number of likely N-dealkylation sites (N-methyl/N-ethyl adjacent to an activating group) is 1. The van der Waals surface area contributed by atoms with E-state index in [1.807, 2.05) is 19.1 Å². The Morgan fingerprint density at radius 3 is 2.61 bits per heavy atom. The first-order valence-corrected chi connectivity index (χ1v) is 6.60. The molecule has 6 heteroatoms. The number of aromatic nitrogens is 1. The molecule has 1 atom stereocenters. The number of rotatable bonds is 6. The molecule has 0 aromatic carbocycles. The van der Waals surface area contributed by atoms with Gasteiger partial charge in [0.2, 0.25) is 0 Å². The van der Waals surface area contributed by atoms with Crippen LogP contribution in [-0.2, 0) is 6.42 Å². The fourth-order valence-electron chi connectivity index (χ4n) is 1.68. The second-order valence-electron chi connectivity index (χ2n) is 4.08. The van der Waals surface area contributed by atoms with Gasteiger partial charge in [0, 0.05) is 35.2 Å². The minimum atomic E-state index is -4.10. The van der Waals surface area contributed by atoms with Crippen molar-refractivity contribution >= 4 is 15.9 Å². The molecule has 102 valence electrons. The van der Waals surface area contributed by atoms with Crippen molar-refractivity contribution in [2.24, 2.45) is 0 Å². The standard InChI is InChI=1S/C12H16BrF3N2/c1-2-17-11(5-6-12(14,15)16)7-10-4-3-9(13)8-18-10/h3-4,8,11,17H,2,5-7H2,1H3. The SMILES string of the molecule is CCNC(CCC(F)(F)F)Cc1ccc(Br)cn1. The van der Waals surface area contributed by atoms with Crippen molar-refractivity contribution in [3.05, 3.63) is 28.5 Å². The van der Waals surface area contributed by atoms with Gasteiger partial charge >= 0.3 is 6.18 Å². The van der Waals surface area contributed by atoms with Gasteiger partial charge < -0.3 is 5.32 Å². The molecule has 0 aliphatic heterocycles. The van der Waals surface area contributed by atoms with E-state index in [4.69, 9.17) is 0 Å². The Balaban J connectivity index is 2.54. The van der Waals surface area contributed by atoms with Crippen LogP contribution in [0.1, 0.15) is 25.5 Å². The summed E-state index contributed by atoms with van der Waals surface area (Å²) in [5.41, 5.74) is 0.798. The van der Waals surface area contributed by atoms with Crippen LogP contribution in [0.2, 0.25) is 0 Å². The predicted molar refractivity (Wildman–Crippen MR) is 68.4 cm³/mol. The molecule has 1 aromatic heterocycles. The van der Waals surface area contributed by atoms with E-state index in [2.05, 4.69) is 26.2 Å². The summed E-state index contributed by atoms with van der Waals surface area (Å²) < 4.78 is 37.5. The first-order chi connectivity index (χ1) is 8.40. The Labute approximate surface area is 113 Å². The minimum absolute atomic E-state index is 0.0785. The van der Waals surface area contributed by atoms with Crippen LogP contribution in [0, 0.1) is 0 Å². The summed E-state index contributed by atoms with van der Waals surface area (Å²) in [4.78, 5) is 4.18. The Hall–Kier alpha value is -0.620. The van der Waals surface area contributed by atoms with Gasteiger partial charge in [-0.1, -0.05) is 6.92 Å². The van der Waals surface area contributed by atoms with E-state index >= 15 is 0 Å². The summed E-state index contributed by atoms with van der Waals surface area (Å²) in [6.45, 7) is 2.54. The fraction of sp³-hybridized carbons (Fsp3) is 0.583. The van der Waals surface area contributed by atoms with Crippen LogP contribution in [0.15, 0.2) is 22.8 Å². The largest absolute Gasteiger partial charge is 0.389 e. The number of nitrogens with one attached hydrogen (secondary N) is 1. The first-order valence-electron chi connectivity index (χ1n) is 5.81. The van der Waals surface area contributed by atoms with Gasteiger partial charge in [0.1, 0.15) is 0 Å². The highest BCUT2D eigenvalue weighted by Gasteiger charge is 2.28. The summed E-state index contributed by atoms with van der Waals surface area (Å²) in [6, 6.07) is 3.47. The van der Waals surface area contributed by atoms with E-state index in [9.17, 15) is 13.2 Å². The van der Waals surface area contributed by atoms with Crippen molar-refractivity contribution in [1.82, 2.24) is 10.3 Å². The second kappa shape index (κ2) is 7.09. The highest BCUT2D eigenvalue weighted by molar-refractivity contribution is 9.10. The monoisotopic (exact) mass is 324 g/mol. The topological polar surface area (TPSA) is 24.9 Å². The quantitative estimate of drug-likeness (QED) is 0.862. The lowest BCUT2D eigenvalue weighted by atomic mass is 10.1. The second-order valence-corrected chi connectivity index (χ2v) is 5.00. The molecule has 1 N–H and O–H groups in total. The Morgan fingerprint density at radius 1 is 1.39 bits per heavy atom. The molecule has 0 saturated heterocycles. The van der Waals surface area contributed by atoms with Crippen molar-refractivity contribution in [3.63, 3.8) is 0 Å². The lowest BCUT2D eigenvalue weighted by Gasteiger charge is -2.18. The van der Waals surface area contributed by atoms with E-state index in [0.29, 0.717) is 13.0 Å². The third kappa shape index (κ3) is 6.35.